The topological polar surface area (TPSA) is 46.0 Å². The summed E-state index contributed by atoms with van der Waals surface area (Å²) in [4.78, 5) is 8.62. The average Bonchev–Trinajstić information content (AvgIpc) is 2.37. The molecule has 0 aliphatic carbocycles. The Bertz CT molecular complexity index is 485. The standard InChI is InChI=1S/C13H13ClN2O/c14-11-5-3-10(4-6-11)12-7-8-15-13(16-12)2-1-9-17/h3-8,17H,1-2,9H2. The largest absolute Gasteiger partial charge is 0.396 e. The highest BCUT2D eigenvalue weighted by Crippen LogP contribution is 2.19. The predicted octanol–water partition coefficient (Wildman–Crippen LogP) is 2.72. The Balaban J connectivity index is 2.23. The first-order chi connectivity index (χ1) is 8.29. The van der Waals surface area contributed by atoms with E-state index in [1.165, 1.54) is 0 Å². The number of halogens is 1. The van der Waals surface area contributed by atoms with Gasteiger partial charge in [0.15, 0.2) is 0 Å². The number of hydrogen-bond donors (Lipinski definition) is 1. The van der Waals surface area contributed by atoms with Gasteiger partial charge in [0.25, 0.3) is 0 Å². The second kappa shape index (κ2) is 5.75. The molecule has 0 aliphatic rings. The first-order valence-corrected chi connectivity index (χ1v) is 5.86. The molecule has 4 heteroatoms. The first kappa shape index (κ1) is 12.0. The number of rotatable bonds is 4. The Hall–Kier alpha value is -1.45. The molecule has 2 rings (SSSR count). The van der Waals surface area contributed by atoms with Crippen molar-refractivity contribution in [2.45, 2.75) is 12.8 Å². The van der Waals surface area contributed by atoms with E-state index in [4.69, 9.17) is 16.7 Å². The van der Waals surface area contributed by atoms with Gasteiger partial charge < -0.3 is 5.11 Å². The van der Waals surface area contributed by atoms with Crippen molar-refractivity contribution in [2.24, 2.45) is 0 Å². The number of nitrogens with zero attached hydrogens (tertiary/aromatic N) is 2. The summed E-state index contributed by atoms with van der Waals surface area (Å²) in [5.74, 6) is 0.756. The van der Waals surface area contributed by atoms with Crippen LogP contribution in [-0.4, -0.2) is 21.7 Å². The normalized spacial score (nSPS) is 10.5. The fraction of sp³-hybridized carbons (Fsp3) is 0.231. The van der Waals surface area contributed by atoms with E-state index in [-0.39, 0.29) is 6.61 Å². The number of aryl methyl sites for hydroxylation is 1. The number of aliphatic hydroxyl groups is 1. The minimum Gasteiger partial charge on any atom is -0.396 e. The van der Waals surface area contributed by atoms with Crippen molar-refractivity contribution in [3.05, 3.63) is 47.4 Å². The molecule has 0 aliphatic heterocycles. The summed E-state index contributed by atoms with van der Waals surface area (Å²) in [5, 5.41) is 9.49. The van der Waals surface area contributed by atoms with E-state index in [0.717, 1.165) is 17.1 Å². The second-order valence-corrected chi connectivity index (χ2v) is 4.13. The molecule has 0 bridgehead atoms. The molecule has 0 fully saturated rings. The van der Waals surface area contributed by atoms with Crippen molar-refractivity contribution in [2.75, 3.05) is 6.61 Å². The van der Waals surface area contributed by atoms with Crippen molar-refractivity contribution < 1.29 is 5.11 Å². The van der Waals surface area contributed by atoms with Gasteiger partial charge in [-0.2, -0.15) is 0 Å². The molecule has 1 heterocycles. The maximum absolute atomic E-state index is 8.77. The minimum atomic E-state index is 0.161. The third kappa shape index (κ3) is 3.25. The summed E-state index contributed by atoms with van der Waals surface area (Å²) >= 11 is 5.84. The fourth-order valence-electron chi connectivity index (χ4n) is 1.54. The highest BCUT2D eigenvalue weighted by molar-refractivity contribution is 6.30. The summed E-state index contributed by atoms with van der Waals surface area (Å²) in [7, 11) is 0. The summed E-state index contributed by atoms with van der Waals surface area (Å²) in [6.45, 7) is 0.161. The van der Waals surface area contributed by atoms with E-state index < -0.39 is 0 Å². The first-order valence-electron chi connectivity index (χ1n) is 5.48. The Morgan fingerprint density at radius 3 is 2.59 bits per heavy atom. The molecule has 3 nitrogen and oxygen atoms in total. The van der Waals surface area contributed by atoms with Crippen LogP contribution >= 0.6 is 11.6 Å². The molecule has 88 valence electrons. The van der Waals surface area contributed by atoms with Crippen LogP contribution < -0.4 is 0 Å². The number of aromatic nitrogens is 2. The van der Waals surface area contributed by atoms with Gasteiger partial charge in [-0.25, -0.2) is 9.97 Å². The third-order valence-electron chi connectivity index (χ3n) is 2.40. The molecule has 0 atom stereocenters. The lowest BCUT2D eigenvalue weighted by atomic mass is 10.1. The van der Waals surface area contributed by atoms with Crippen LogP contribution in [0.25, 0.3) is 11.3 Å². The van der Waals surface area contributed by atoms with Crippen molar-refractivity contribution in [3.8, 4) is 11.3 Å². The molecule has 2 aromatic rings. The SMILES string of the molecule is OCCCc1nccc(-c2ccc(Cl)cc2)n1. The van der Waals surface area contributed by atoms with Gasteiger partial charge in [-0.1, -0.05) is 23.7 Å². The second-order valence-electron chi connectivity index (χ2n) is 3.69. The van der Waals surface area contributed by atoms with Crippen LogP contribution in [0.15, 0.2) is 36.5 Å². The van der Waals surface area contributed by atoms with Crippen molar-refractivity contribution >= 4 is 11.6 Å². The molecule has 0 unspecified atom stereocenters. The van der Waals surface area contributed by atoms with Gasteiger partial charge in [0.05, 0.1) is 5.69 Å². The monoisotopic (exact) mass is 248 g/mol. The highest BCUT2D eigenvalue weighted by Gasteiger charge is 2.02. The van der Waals surface area contributed by atoms with E-state index in [0.29, 0.717) is 17.9 Å². The zero-order chi connectivity index (χ0) is 12.1. The van der Waals surface area contributed by atoms with Crippen LogP contribution in [0.2, 0.25) is 5.02 Å². The zero-order valence-electron chi connectivity index (χ0n) is 9.31. The van der Waals surface area contributed by atoms with Crippen LogP contribution in [0.1, 0.15) is 12.2 Å². The molecule has 0 saturated carbocycles. The van der Waals surface area contributed by atoms with E-state index >= 15 is 0 Å². The molecule has 1 N–H and O–H groups in total. The Morgan fingerprint density at radius 1 is 1.12 bits per heavy atom. The van der Waals surface area contributed by atoms with Gasteiger partial charge in [0.2, 0.25) is 0 Å². The maximum Gasteiger partial charge on any atom is 0.129 e. The quantitative estimate of drug-likeness (QED) is 0.905. The van der Waals surface area contributed by atoms with Crippen LogP contribution in [0.4, 0.5) is 0 Å². The average molecular weight is 249 g/mol. The molecule has 0 saturated heterocycles. The third-order valence-corrected chi connectivity index (χ3v) is 2.66. The Labute approximate surface area is 105 Å². The lowest BCUT2D eigenvalue weighted by Gasteiger charge is -2.03. The van der Waals surface area contributed by atoms with Crippen LogP contribution in [-0.2, 0) is 6.42 Å². The van der Waals surface area contributed by atoms with Crippen LogP contribution in [0.3, 0.4) is 0 Å². The van der Waals surface area contributed by atoms with Gasteiger partial charge in [-0.15, -0.1) is 0 Å². The fourth-order valence-corrected chi connectivity index (χ4v) is 1.66. The predicted molar refractivity (Wildman–Crippen MR) is 67.9 cm³/mol. The smallest absolute Gasteiger partial charge is 0.129 e. The summed E-state index contributed by atoms with van der Waals surface area (Å²) < 4.78 is 0. The van der Waals surface area contributed by atoms with Gasteiger partial charge in [0, 0.05) is 29.8 Å². The highest BCUT2D eigenvalue weighted by atomic mass is 35.5. The molecule has 0 spiro atoms. The molecule has 1 aromatic carbocycles. The Morgan fingerprint density at radius 2 is 1.88 bits per heavy atom. The lowest BCUT2D eigenvalue weighted by molar-refractivity contribution is 0.287. The van der Waals surface area contributed by atoms with Crippen molar-refractivity contribution in [1.82, 2.24) is 9.97 Å². The maximum atomic E-state index is 8.77. The van der Waals surface area contributed by atoms with E-state index in [1.54, 1.807) is 6.20 Å². The van der Waals surface area contributed by atoms with Gasteiger partial charge >= 0.3 is 0 Å². The number of benzene rings is 1. The van der Waals surface area contributed by atoms with Gasteiger partial charge in [-0.3, -0.25) is 0 Å². The molecule has 1 aromatic heterocycles. The molecular weight excluding hydrogens is 236 g/mol. The van der Waals surface area contributed by atoms with E-state index in [9.17, 15) is 0 Å². The van der Waals surface area contributed by atoms with Crippen molar-refractivity contribution in [3.63, 3.8) is 0 Å². The van der Waals surface area contributed by atoms with E-state index in [2.05, 4.69) is 9.97 Å². The van der Waals surface area contributed by atoms with Gasteiger partial charge in [0.1, 0.15) is 5.82 Å². The number of aliphatic hydroxyl groups excluding tert-OH is 1. The van der Waals surface area contributed by atoms with Crippen LogP contribution in [0, 0.1) is 0 Å². The van der Waals surface area contributed by atoms with E-state index in [1.807, 2.05) is 30.3 Å². The molecular formula is C13H13ClN2O. The summed E-state index contributed by atoms with van der Waals surface area (Å²) in [6.07, 6.45) is 3.12. The Kier molecular flexibility index (Phi) is 4.07. The number of hydrogen-bond acceptors (Lipinski definition) is 3. The van der Waals surface area contributed by atoms with Gasteiger partial charge in [-0.05, 0) is 24.6 Å². The minimum absolute atomic E-state index is 0.161. The lowest BCUT2D eigenvalue weighted by Crippen LogP contribution is -1.98. The van der Waals surface area contributed by atoms with Crippen molar-refractivity contribution in [1.29, 1.82) is 0 Å². The molecule has 17 heavy (non-hydrogen) atoms. The summed E-state index contributed by atoms with van der Waals surface area (Å²) in [6, 6.07) is 9.41. The van der Waals surface area contributed by atoms with Crippen LogP contribution in [0.5, 0.6) is 0 Å². The zero-order valence-corrected chi connectivity index (χ0v) is 10.1. The summed E-state index contributed by atoms with van der Waals surface area (Å²) in [5.41, 5.74) is 1.90. The molecule has 0 radical (unpaired) electrons. The molecule has 0 amide bonds.